The molecule has 0 spiro atoms. The van der Waals surface area contributed by atoms with Gasteiger partial charge >= 0.3 is 0 Å². The molecule has 4 nitrogen and oxygen atoms in total. The number of imidazole rings is 1. The second-order valence-electron chi connectivity index (χ2n) is 6.85. The Labute approximate surface area is 150 Å². The third-order valence-corrected chi connectivity index (χ3v) is 4.25. The Hall–Kier alpha value is -2.57. The molecule has 6 heteroatoms. The molecular weight excluding hydrogens is 336 g/mol. The molecule has 0 bridgehead atoms. The van der Waals surface area contributed by atoms with Gasteiger partial charge in [-0.3, -0.25) is 0 Å². The van der Waals surface area contributed by atoms with Crippen LogP contribution in [0.4, 0.5) is 8.78 Å². The van der Waals surface area contributed by atoms with Gasteiger partial charge in [0.2, 0.25) is 0 Å². The molecule has 0 radical (unpaired) electrons. The van der Waals surface area contributed by atoms with Crippen molar-refractivity contribution in [2.24, 2.45) is 5.73 Å². The summed E-state index contributed by atoms with van der Waals surface area (Å²) in [5.41, 5.74) is 6.29. The van der Waals surface area contributed by atoms with Gasteiger partial charge in [0.25, 0.3) is 0 Å². The zero-order valence-electron chi connectivity index (χ0n) is 14.7. The van der Waals surface area contributed by atoms with Crippen LogP contribution in [0.2, 0.25) is 0 Å². The molecule has 0 fully saturated rings. The first-order valence-electron chi connectivity index (χ1n) is 8.30. The monoisotopic (exact) mass is 357 g/mol. The fourth-order valence-corrected chi connectivity index (χ4v) is 2.72. The Kier molecular flexibility index (Phi) is 4.89. The van der Waals surface area contributed by atoms with Gasteiger partial charge in [-0.2, -0.15) is 0 Å². The van der Waals surface area contributed by atoms with E-state index in [0.29, 0.717) is 12.4 Å². The number of hydrogen-bond donors (Lipinski definition) is 2. The Morgan fingerprint density at radius 3 is 2.50 bits per heavy atom. The molecule has 0 unspecified atom stereocenters. The van der Waals surface area contributed by atoms with Crippen molar-refractivity contribution in [2.45, 2.75) is 32.0 Å². The van der Waals surface area contributed by atoms with E-state index < -0.39 is 23.3 Å². The molecule has 26 heavy (non-hydrogen) atoms. The first-order chi connectivity index (χ1) is 12.3. The zero-order chi connectivity index (χ0) is 18.9. The van der Waals surface area contributed by atoms with Crippen LogP contribution in [0.5, 0.6) is 0 Å². The lowest BCUT2D eigenvalue weighted by Crippen LogP contribution is -2.37. The SMILES string of the molecule is CC(C)(O)[C@@H](N)c1nc(-c2cc(F)ccc2F)cn1Cc1ccccc1. The lowest BCUT2D eigenvalue weighted by atomic mass is 9.99. The first-order valence-corrected chi connectivity index (χ1v) is 8.30. The van der Waals surface area contributed by atoms with Crippen LogP contribution in [0, 0.1) is 11.6 Å². The van der Waals surface area contributed by atoms with Gasteiger partial charge in [-0.05, 0) is 37.6 Å². The van der Waals surface area contributed by atoms with E-state index in [0.717, 1.165) is 23.8 Å². The number of nitrogens with zero attached hydrogens (tertiary/aromatic N) is 2. The highest BCUT2D eigenvalue weighted by molar-refractivity contribution is 5.59. The third kappa shape index (κ3) is 3.81. The highest BCUT2D eigenvalue weighted by Gasteiger charge is 2.29. The fraction of sp³-hybridized carbons (Fsp3) is 0.250. The van der Waals surface area contributed by atoms with Crippen molar-refractivity contribution in [3.63, 3.8) is 0 Å². The predicted molar refractivity (Wildman–Crippen MR) is 96.3 cm³/mol. The van der Waals surface area contributed by atoms with E-state index in [1.807, 2.05) is 30.3 Å². The van der Waals surface area contributed by atoms with Crippen molar-refractivity contribution in [1.82, 2.24) is 9.55 Å². The van der Waals surface area contributed by atoms with Crippen molar-refractivity contribution < 1.29 is 13.9 Å². The van der Waals surface area contributed by atoms with E-state index in [2.05, 4.69) is 4.98 Å². The lowest BCUT2D eigenvalue weighted by Gasteiger charge is -2.25. The standard InChI is InChI=1S/C20H21F2N3O/c1-20(2,26)18(23)19-24-17(15-10-14(21)8-9-16(15)22)12-25(19)11-13-6-4-3-5-7-13/h3-10,12,18,26H,11,23H2,1-2H3/t18-/m0/s1. The second kappa shape index (κ2) is 6.97. The van der Waals surface area contributed by atoms with Gasteiger partial charge in [0, 0.05) is 18.3 Å². The Bertz CT molecular complexity index is 901. The maximum atomic E-state index is 14.2. The van der Waals surface area contributed by atoms with Gasteiger partial charge < -0.3 is 15.4 Å². The molecule has 3 aromatic rings. The van der Waals surface area contributed by atoms with Crippen molar-refractivity contribution in [3.05, 3.63) is 77.8 Å². The molecule has 136 valence electrons. The van der Waals surface area contributed by atoms with Crippen LogP contribution in [0.15, 0.2) is 54.7 Å². The van der Waals surface area contributed by atoms with E-state index in [9.17, 15) is 13.9 Å². The minimum Gasteiger partial charge on any atom is -0.388 e. The number of aromatic nitrogens is 2. The summed E-state index contributed by atoms with van der Waals surface area (Å²) < 4.78 is 29.5. The van der Waals surface area contributed by atoms with Crippen LogP contribution in [0.1, 0.15) is 31.3 Å². The van der Waals surface area contributed by atoms with E-state index in [1.54, 1.807) is 24.6 Å². The highest BCUT2D eigenvalue weighted by atomic mass is 19.1. The topological polar surface area (TPSA) is 64.1 Å². The molecule has 0 saturated carbocycles. The van der Waals surface area contributed by atoms with Crippen molar-refractivity contribution in [2.75, 3.05) is 0 Å². The summed E-state index contributed by atoms with van der Waals surface area (Å²) in [6, 6.07) is 12.1. The fourth-order valence-electron chi connectivity index (χ4n) is 2.72. The van der Waals surface area contributed by atoms with Crippen LogP contribution in [0.25, 0.3) is 11.3 Å². The van der Waals surface area contributed by atoms with Crippen molar-refractivity contribution >= 4 is 0 Å². The summed E-state index contributed by atoms with van der Waals surface area (Å²) in [7, 11) is 0. The predicted octanol–water partition coefficient (Wildman–Crippen LogP) is 3.65. The Morgan fingerprint density at radius 2 is 1.85 bits per heavy atom. The normalized spacial score (nSPS) is 13.0. The molecule has 2 aromatic carbocycles. The number of hydrogen-bond acceptors (Lipinski definition) is 3. The minimum absolute atomic E-state index is 0.0565. The minimum atomic E-state index is -1.22. The summed E-state index contributed by atoms with van der Waals surface area (Å²) in [5.74, 6) is -0.716. The summed E-state index contributed by atoms with van der Waals surface area (Å²) in [6.07, 6.45) is 1.63. The zero-order valence-corrected chi connectivity index (χ0v) is 14.7. The van der Waals surface area contributed by atoms with E-state index >= 15 is 0 Å². The van der Waals surface area contributed by atoms with Gasteiger partial charge in [-0.1, -0.05) is 30.3 Å². The number of halogens is 2. The Morgan fingerprint density at radius 1 is 1.15 bits per heavy atom. The molecule has 1 aromatic heterocycles. The van der Waals surface area contributed by atoms with Crippen LogP contribution in [-0.4, -0.2) is 20.3 Å². The van der Waals surface area contributed by atoms with Gasteiger partial charge in [0.15, 0.2) is 0 Å². The van der Waals surface area contributed by atoms with Gasteiger partial charge in [0.1, 0.15) is 17.5 Å². The number of benzene rings is 2. The first kappa shape index (κ1) is 18.2. The Balaban J connectivity index is 2.09. The molecule has 0 aliphatic carbocycles. The largest absolute Gasteiger partial charge is 0.388 e. The summed E-state index contributed by atoms with van der Waals surface area (Å²) >= 11 is 0. The highest BCUT2D eigenvalue weighted by Crippen LogP contribution is 2.28. The maximum absolute atomic E-state index is 14.2. The third-order valence-electron chi connectivity index (χ3n) is 4.25. The molecule has 3 N–H and O–H groups in total. The molecule has 0 amide bonds. The molecule has 3 rings (SSSR count). The second-order valence-corrected chi connectivity index (χ2v) is 6.85. The van der Waals surface area contributed by atoms with E-state index in [1.165, 1.54) is 0 Å². The van der Waals surface area contributed by atoms with Crippen LogP contribution in [-0.2, 0) is 6.54 Å². The quantitative estimate of drug-likeness (QED) is 0.733. The van der Waals surface area contributed by atoms with Crippen LogP contribution < -0.4 is 5.73 Å². The molecule has 0 aliphatic rings. The summed E-state index contributed by atoms with van der Waals surface area (Å²) in [4.78, 5) is 4.42. The molecule has 0 aliphatic heterocycles. The lowest BCUT2D eigenvalue weighted by molar-refractivity contribution is 0.0477. The maximum Gasteiger partial charge on any atom is 0.132 e. The molecular formula is C20H21F2N3O. The average molecular weight is 357 g/mol. The van der Waals surface area contributed by atoms with Crippen LogP contribution in [0.3, 0.4) is 0 Å². The van der Waals surface area contributed by atoms with Crippen molar-refractivity contribution in [3.8, 4) is 11.3 Å². The summed E-state index contributed by atoms with van der Waals surface area (Å²) in [5, 5.41) is 10.3. The number of rotatable bonds is 5. The van der Waals surface area contributed by atoms with Crippen LogP contribution >= 0.6 is 0 Å². The molecule has 1 heterocycles. The number of aliphatic hydroxyl groups is 1. The van der Waals surface area contributed by atoms with E-state index in [-0.39, 0.29) is 11.3 Å². The van der Waals surface area contributed by atoms with Gasteiger partial charge in [0.05, 0.1) is 17.3 Å². The average Bonchev–Trinajstić information content (AvgIpc) is 2.99. The van der Waals surface area contributed by atoms with Gasteiger partial charge in [-0.25, -0.2) is 13.8 Å². The van der Waals surface area contributed by atoms with Crippen molar-refractivity contribution in [1.29, 1.82) is 0 Å². The van der Waals surface area contributed by atoms with E-state index in [4.69, 9.17) is 5.73 Å². The molecule has 0 saturated heterocycles. The van der Waals surface area contributed by atoms with Gasteiger partial charge in [-0.15, -0.1) is 0 Å². The smallest absolute Gasteiger partial charge is 0.132 e. The number of nitrogens with two attached hydrogens (primary N) is 1. The summed E-state index contributed by atoms with van der Waals surface area (Å²) in [6.45, 7) is 3.62. The molecule has 1 atom stereocenters.